The topological polar surface area (TPSA) is 48.0 Å². The first-order valence-corrected chi connectivity index (χ1v) is 11.1. The lowest BCUT2D eigenvalue weighted by Crippen LogP contribution is -2.41. The minimum Gasteiger partial charge on any atom is -0.440 e. The third kappa shape index (κ3) is 3.24. The minimum absolute atomic E-state index is 0.114. The van der Waals surface area contributed by atoms with Gasteiger partial charge in [0.25, 0.3) is 5.91 Å². The van der Waals surface area contributed by atoms with Crippen LogP contribution in [-0.2, 0) is 23.4 Å². The molecule has 2 aliphatic heterocycles. The zero-order valence-electron chi connectivity index (χ0n) is 18.1. The minimum atomic E-state index is -1.56. The van der Waals surface area contributed by atoms with E-state index in [4.69, 9.17) is 14.2 Å². The van der Waals surface area contributed by atoms with Crippen molar-refractivity contribution in [1.29, 1.82) is 0 Å². The molecular formula is C26H20F3NO4. The lowest BCUT2D eigenvalue weighted by Gasteiger charge is -2.30. The predicted molar refractivity (Wildman–Crippen MR) is 115 cm³/mol. The Morgan fingerprint density at radius 3 is 1.94 bits per heavy atom. The van der Waals surface area contributed by atoms with Crippen LogP contribution in [0.25, 0.3) is 0 Å². The number of carbonyl (C=O) groups excluding carboxylic acids is 1. The van der Waals surface area contributed by atoms with Gasteiger partial charge in [0.2, 0.25) is 0 Å². The van der Waals surface area contributed by atoms with Crippen molar-refractivity contribution in [3.63, 3.8) is 0 Å². The Morgan fingerprint density at radius 1 is 0.794 bits per heavy atom. The van der Waals surface area contributed by atoms with Crippen LogP contribution in [0, 0.1) is 17.5 Å². The van der Waals surface area contributed by atoms with E-state index < -0.39 is 29.1 Å². The summed E-state index contributed by atoms with van der Waals surface area (Å²) in [5.41, 5.74) is 2.27. The Bertz CT molecular complexity index is 1270. The first-order valence-electron chi connectivity index (χ1n) is 11.1. The van der Waals surface area contributed by atoms with Crippen molar-refractivity contribution in [2.75, 3.05) is 26.3 Å². The number of halogens is 3. The van der Waals surface area contributed by atoms with E-state index in [0.717, 1.165) is 6.07 Å². The molecule has 0 aromatic heterocycles. The molecule has 1 aliphatic carbocycles. The number of carbonyl (C=O) groups is 1. The Balaban J connectivity index is 1.48. The van der Waals surface area contributed by atoms with Gasteiger partial charge < -0.3 is 19.1 Å². The van der Waals surface area contributed by atoms with Gasteiger partial charge in [0.05, 0.1) is 18.8 Å². The second-order valence-corrected chi connectivity index (χ2v) is 8.61. The highest BCUT2D eigenvalue weighted by Crippen LogP contribution is 2.51. The van der Waals surface area contributed by atoms with Gasteiger partial charge in [0, 0.05) is 30.3 Å². The summed E-state index contributed by atoms with van der Waals surface area (Å²) in [5.74, 6) is -3.27. The van der Waals surface area contributed by atoms with E-state index in [0.29, 0.717) is 61.4 Å². The summed E-state index contributed by atoms with van der Waals surface area (Å²) < 4.78 is 61.1. The van der Waals surface area contributed by atoms with Crippen LogP contribution >= 0.6 is 0 Å². The van der Waals surface area contributed by atoms with E-state index in [2.05, 4.69) is 0 Å². The molecule has 1 saturated heterocycles. The molecule has 1 fully saturated rings. The molecule has 0 N–H and O–H groups in total. The quantitative estimate of drug-likeness (QED) is 0.534. The summed E-state index contributed by atoms with van der Waals surface area (Å²) in [6, 6.07) is 11.0. The molecule has 3 aromatic rings. The lowest BCUT2D eigenvalue weighted by atomic mass is 9.93. The zero-order chi connectivity index (χ0) is 23.4. The lowest BCUT2D eigenvalue weighted by molar-refractivity contribution is -0.0465. The van der Waals surface area contributed by atoms with E-state index in [1.54, 1.807) is 12.1 Å². The molecule has 6 rings (SSSR count). The molecule has 1 spiro atoms. The summed E-state index contributed by atoms with van der Waals surface area (Å²) in [6.07, 6.45) is 0.896. The Labute approximate surface area is 193 Å². The molecule has 0 radical (unpaired) electrons. The van der Waals surface area contributed by atoms with Crippen LogP contribution in [0.2, 0.25) is 0 Å². The molecule has 34 heavy (non-hydrogen) atoms. The Morgan fingerprint density at radius 2 is 1.35 bits per heavy atom. The Hall–Kier alpha value is -3.52. The van der Waals surface area contributed by atoms with Crippen molar-refractivity contribution >= 4 is 5.91 Å². The van der Waals surface area contributed by atoms with E-state index in [1.165, 1.54) is 35.2 Å². The second-order valence-electron chi connectivity index (χ2n) is 8.61. The van der Waals surface area contributed by atoms with Gasteiger partial charge in [-0.2, -0.15) is 0 Å². The molecular weight excluding hydrogens is 447 g/mol. The third-order valence-electron chi connectivity index (χ3n) is 6.58. The van der Waals surface area contributed by atoms with Gasteiger partial charge in [-0.3, -0.25) is 4.79 Å². The first-order chi connectivity index (χ1) is 16.4. The Kier molecular flexibility index (Phi) is 4.81. The van der Waals surface area contributed by atoms with Gasteiger partial charge in [0.1, 0.15) is 17.5 Å². The van der Waals surface area contributed by atoms with Crippen molar-refractivity contribution in [3.8, 4) is 11.5 Å². The van der Waals surface area contributed by atoms with E-state index in [-0.39, 0.29) is 17.1 Å². The van der Waals surface area contributed by atoms with Gasteiger partial charge in [-0.1, -0.05) is 0 Å². The van der Waals surface area contributed by atoms with Gasteiger partial charge in [-0.25, -0.2) is 13.2 Å². The maximum absolute atomic E-state index is 15.1. The molecule has 0 atom stereocenters. The number of hydrogen-bond acceptors (Lipinski definition) is 4. The SMILES string of the molecule is O=C(c1cc2c(cc1F)OC1(O2)c2ccc(F)cc2CCc2cc(F)ccc21)N1CCOCC1. The van der Waals surface area contributed by atoms with E-state index >= 15 is 4.39 Å². The van der Waals surface area contributed by atoms with Gasteiger partial charge >= 0.3 is 5.79 Å². The number of rotatable bonds is 1. The van der Waals surface area contributed by atoms with Crippen molar-refractivity contribution in [2.45, 2.75) is 18.6 Å². The van der Waals surface area contributed by atoms with Crippen LogP contribution in [0.5, 0.6) is 11.5 Å². The number of benzene rings is 3. The summed E-state index contributed by atoms with van der Waals surface area (Å²) >= 11 is 0. The fourth-order valence-electron chi connectivity index (χ4n) is 4.94. The van der Waals surface area contributed by atoms with Gasteiger partial charge in [0.15, 0.2) is 11.5 Å². The maximum Gasteiger partial charge on any atom is 0.306 e. The van der Waals surface area contributed by atoms with Crippen molar-refractivity contribution in [1.82, 2.24) is 4.90 Å². The molecule has 2 heterocycles. The van der Waals surface area contributed by atoms with Gasteiger partial charge in [-0.05, 0) is 66.4 Å². The van der Waals surface area contributed by atoms with E-state index in [9.17, 15) is 13.6 Å². The molecule has 0 bridgehead atoms. The van der Waals surface area contributed by atoms with Crippen LogP contribution in [0.15, 0.2) is 48.5 Å². The maximum atomic E-state index is 15.1. The molecule has 1 amide bonds. The van der Waals surface area contributed by atoms with Gasteiger partial charge in [-0.15, -0.1) is 0 Å². The van der Waals surface area contributed by atoms with Crippen molar-refractivity contribution < 1.29 is 32.2 Å². The highest BCUT2D eigenvalue weighted by Gasteiger charge is 2.49. The highest BCUT2D eigenvalue weighted by molar-refractivity contribution is 5.95. The number of amides is 1. The fourth-order valence-corrected chi connectivity index (χ4v) is 4.94. The number of aryl methyl sites for hydroxylation is 2. The number of nitrogens with zero attached hydrogens (tertiary/aromatic N) is 1. The molecule has 3 aliphatic rings. The number of morpholine rings is 1. The first kappa shape index (κ1) is 21.0. The van der Waals surface area contributed by atoms with Crippen molar-refractivity contribution in [3.05, 3.63) is 93.8 Å². The average Bonchev–Trinajstić information content (AvgIpc) is 3.15. The summed E-state index contributed by atoms with van der Waals surface area (Å²) in [7, 11) is 0. The number of hydrogen-bond donors (Lipinski definition) is 0. The van der Waals surface area contributed by atoms with E-state index in [1.807, 2.05) is 0 Å². The molecule has 8 heteroatoms. The molecule has 174 valence electrons. The summed E-state index contributed by atoms with van der Waals surface area (Å²) in [5, 5.41) is 0. The van der Waals surface area contributed by atoms with Crippen LogP contribution in [0.1, 0.15) is 32.6 Å². The largest absolute Gasteiger partial charge is 0.440 e. The van der Waals surface area contributed by atoms with Crippen LogP contribution < -0.4 is 9.47 Å². The fraction of sp³-hybridized carbons (Fsp3) is 0.269. The van der Waals surface area contributed by atoms with Crippen molar-refractivity contribution in [2.24, 2.45) is 0 Å². The second kappa shape index (κ2) is 7.77. The smallest absolute Gasteiger partial charge is 0.306 e. The number of ether oxygens (including phenoxy) is 3. The van der Waals surface area contributed by atoms with Crippen LogP contribution in [0.3, 0.4) is 0 Å². The highest BCUT2D eigenvalue weighted by atomic mass is 19.1. The third-order valence-corrected chi connectivity index (χ3v) is 6.58. The summed E-state index contributed by atoms with van der Waals surface area (Å²) in [4.78, 5) is 14.5. The standard InChI is InChI=1S/C26H20F3NO4/c27-17-3-5-20-15(11-17)1-2-16-12-18(28)4-6-21(16)26(20)33-23-13-19(22(29)14-24(23)34-26)25(31)30-7-9-32-10-8-30/h3-6,11-14H,1-2,7-10H2. The summed E-state index contributed by atoms with van der Waals surface area (Å²) in [6.45, 7) is 1.52. The molecule has 0 saturated carbocycles. The van der Waals surface area contributed by atoms with Crippen LogP contribution in [0.4, 0.5) is 13.2 Å². The molecule has 0 unspecified atom stereocenters. The monoisotopic (exact) mass is 467 g/mol. The van der Waals surface area contributed by atoms with Crippen LogP contribution in [-0.4, -0.2) is 37.1 Å². The average molecular weight is 467 g/mol. The molecule has 5 nitrogen and oxygen atoms in total. The number of fused-ring (bicyclic) bond motifs is 5. The predicted octanol–water partition coefficient (Wildman–Crippen LogP) is 4.35. The molecule has 3 aromatic carbocycles. The zero-order valence-corrected chi connectivity index (χ0v) is 18.1. The normalized spacial score (nSPS) is 17.8.